The highest BCUT2D eigenvalue weighted by molar-refractivity contribution is 9.10. The number of nitrogens with one attached hydrogen (secondary N) is 1. The number of amides is 1. The van der Waals surface area contributed by atoms with Crippen molar-refractivity contribution in [3.63, 3.8) is 0 Å². The summed E-state index contributed by atoms with van der Waals surface area (Å²) in [4.78, 5) is 27.4. The topological polar surface area (TPSA) is 80.2 Å². The molecule has 0 spiro atoms. The molecule has 1 N–H and O–H groups in total. The summed E-state index contributed by atoms with van der Waals surface area (Å²) in [6.45, 7) is 9.42. The number of ether oxygens (including phenoxy) is 1. The number of piperidine rings is 1. The van der Waals surface area contributed by atoms with Gasteiger partial charge in [-0.25, -0.2) is 4.79 Å². The van der Waals surface area contributed by atoms with E-state index in [1.54, 1.807) is 4.90 Å². The van der Waals surface area contributed by atoms with Crippen molar-refractivity contribution in [2.75, 3.05) is 13.1 Å². The molecule has 1 aromatic carbocycles. The van der Waals surface area contributed by atoms with Crippen LogP contribution in [0.25, 0.3) is 21.8 Å². The number of carbonyl (C=O) groups excluding carboxylic acids is 1. The summed E-state index contributed by atoms with van der Waals surface area (Å²) in [5, 5.41) is 8.94. The molecule has 3 heterocycles. The number of aromatic amines is 1. The van der Waals surface area contributed by atoms with Crippen LogP contribution in [-0.4, -0.2) is 44.4 Å². The minimum atomic E-state index is -0.494. The van der Waals surface area contributed by atoms with E-state index in [1.807, 2.05) is 50.5 Å². The van der Waals surface area contributed by atoms with Gasteiger partial charge in [-0.2, -0.15) is 5.10 Å². The predicted octanol–water partition coefficient (Wildman–Crippen LogP) is 4.60. The number of H-pyrrole nitrogens is 1. The van der Waals surface area contributed by atoms with E-state index in [2.05, 4.69) is 26.1 Å². The molecule has 1 aliphatic rings. The number of aromatic nitrogens is 3. The molecular formula is C22H27BrN4O3. The van der Waals surface area contributed by atoms with E-state index >= 15 is 0 Å². The number of pyridine rings is 1. The first-order chi connectivity index (χ1) is 14.1. The second kappa shape index (κ2) is 7.72. The maximum Gasteiger partial charge on any atom is 0.410 e. The smallest absolute Gasteiger partial charge is 0.410 e. The molecule has 0 saturated carbocycles. The molecule has 4 rings (SSSR count). The molecule has 30 heavy (non-hydrogen) atoms. The van der Waals surface area contributed by atoms with Gasteiger partial charge < -0.3 is 14.2 Å². The Balaban J connectivity index is 1.60. The van der Waals surface area contributed by atoms with E-state index in [1.165, 1.54) is 0 Å². The van der Waals surface area contributed by atoms with Crippen molar-refractivity contribution < 1.29 is 9.53 Å². The Hall–Kier alpha value is -2.35. The van der Waals surface area contributed by atoms with Crippen molar-refractivity contribution in [2.45, 2.75) is 52.7 Å². The molecule has 0 radical (unpaired) electrons. The van der Waals surface area contributed by atoms with Gasteiger partial charge >= 0.3 is 6.09 Å². The van der Waals surface area contributed by atoms with Gasteiger partial charge in [-0.1, -0.05) is 15.9 Å². The molecule has 0 aliphatic carbocycles. The number of aryl methyl sites for hydroxylation is 1. The Morgan fingerprint density at radius 2 is 2.00 bits per heavy atom. The van der Waals surface area contributed by atoms with E-state index in [9.17, 15) is 9.59 Å². The lowest BCUT2D eigenvalue weighted by atomic mass is 9.96. The Labute approximate surface area is 183 Å². The van der Waals surface area contributed by atoms with E-state index in [4.69, 9.17) is 4.74 Å². The van der Waals surface area contributed by atoms with Crippen LogP contribution in [0.4, 0.5) is 4.79 Å². The van der Waals surface area contributed by atoms with Gasteiger partial charge in [0.2, 0.25) is 0 Å². The number of carbonyl (C=O) groups is 1. The Morgan fingerprint density at radius 3 is 2.67 bits per heavy atom. The van der Waals surface area contributed by atoms with Gasteiger partial charge in [-0.15, -0.1) is 0 Å². The summed E-state index contributed by atoms with van der Waals surface area (Å²) in [7, 11) is 0. The fourth-order valence-electron chi connectivity index (χ4n) is 4.13. The highest BCUT2D eigenvalue weighted by Gasteiger charge is 2.28. The first-order valence-electron chi connectivity index (χ1n) is 10.3. The predicted molar refractivity (Wildman–Crippen MR) is 121 cm³/mol. The van der Waals surface area contributed by atoms with Crippen LogP contribution in [0.3, 0.4) is 0 Å². The number of nitrogens with zero attached hydrogens (tertiary/aromatic N) is 3. The van der Waals surface area contributed by atoms with Crippen LogP contribution in [0, 0.1) is 12.8 Å². The zero-order chi connectivity index (χ0) is 21.6. The highest BCUT2D eigenvalue weighted by Crippen LogP contribution is 2.28. The summed E-state index contributed by atoms with van der Waals surface area (Å²) < 4.78 is 8.32. The van der Waals surface area contributed by atoms with Crippen LogP contribution in [0.1, 0.15) is 39.3 Å². The van der Waals surface area contributed by atoms with Crippen LogP contribution < -0.4 is 5.56 Å². The fourth-order valence-corrected chi connectivity index (χ4v) is 4.49. The zero-order valence-electron chi connectivity index (χ0n) is 17.8. The third-order valence-electron chi connectivity index (χ3n) is 5.62. The third-order valence-corrected chi connectivity index (χ3v) is 6.11. The number of benzene rings is 1. The van der Waals surface area contributed by atoms with Gasteiger partial charge in [-0.3, -0.25) is 9.89 Å². The lowest BCUT2D eigenvalue weighted by Gasteiger charge is -2.33. The summed E-state index contributed by atoms with van der Waals surface area (Å²) in [5.74, 6) is 0.317. The second-order valence-corrected chi connectivity index (χ2v) is 9.98. The van der Waals surface area contributed by atoms with Gasteiger partial charge in [0.25, 0.3) is 5.56 Å². The van der Waals surface area contributed by atoms with Gasteiger partial charge in [0.05, 0.1) is 10.9 Å². The van der Waals surface area contributed by atoms with Gasteiger partial charge in [-0.05, 0) is 64.7 Å². The Bertz CT molecular complexity index is 1170. The molecule has 0 bridgehead atoms. The Morgan fingerprint density at radius 1 is 1.30 bits per heavy atom. The van der Waals surface area contributed by atoms with Gasteiger partial charge in [0.15, 0.2) is 0 Å². The zero-order valence-corrected chi connectivity index (χ0v) is 19.4. The molecule has 7 nitrogen and oxygen atoms in total. The highest BCUT2D eigenvalue weighted by atomic mass is 79.9. The lowest BCUT2D eigenvalue weighted by molar-refractivity contribution is 0.0178. The molecule has 0 unspecified atom stereocenters. The molecule has 1 amide bonds. The molecule has 0 atom stereocenters. The van der Waals surface area contributed by atoms with Gasteiger partial charge in [0, 0.05) is 35.2 Å². The molecule has 3 aromatic rings. The summed E-state index contributed by atoms with van der Waals surface area (Å²) in [6.07, 6.45) is 1.42. The Kier molecular flexibility index (Phi) is 5.38. The molecule has 160 valence electrons. The van der Waals surface area contributed by atoms with Crippen molar-refractivity contribution in [1.29, 1.82) is 0 Å². The second-order valence-electron chi connectivity index (χ2n) is 9.06. The van der Waals surface area contributed by atoms with Crippen molar-refractivity contribution in [2.24, 2.45) is 5.92 Å². The number of rotatable bonds is 2. The lowest BCUT2D eigenvalue weighted by Crippen LogP contribution is -2.42. The summed E-state index contributed by atoms with van der Waals surface area (Å²) in [5.41, 5.74) is 1.87. The van der Waals surface area contributed by atoms with Crippen LogP contribution in [-0.2, 0) is 11.3 Å². The van der Waals surface area contributed by atoms with E-state index in [0.717, 1.165) is 33.9 Å². The molecule has 1 fully saturated rings. The SMILES string of the molecule is Cc1[nH]nc2c1c(=O)n(CC1CCN(C(=O)OC(C)(C)C)CC1)c1ccc(Br)cc21. The number of fused-ring (bicyclic) bond motifs is 3. The van der Waals surface area contributed by atoms with Crippen molar-refractivity contribution in [3.8, 4) is 0 Å². The van der Waals surface area contributed by atoms with Crippen molar-refractivity contribution in [1.82, 2.24) is 19.7 Å². The summed E-state index contributed by atoms with van der Waals surface area (Å²) in [6, 6.07) is 5.94. The van der Waals surface area contributed by atoms with Gasteiger partial charge in [0.1, 0.15) is 11.1 Å². The first kappa shape index (κ1) is 20.9. The van der Waals surface area contributed by atoms with Crippen molar-refractivity contribution in [3.05, 3.63) is 38.7 Å². The largest absolute Gasteiger partial charge is 0.444 e. The number of hydrogen-bond donors (Lipinski definition) is 1. The first-order valence-corrected chi connectivity index (χ1v) is 11.1. The number of likely N-dealkylation sites (tertiary alicyclic amines) is 1. The van der Waals surface area contributed by atoms with Crippen LogP contribution >= 0.6 is 15.9 Å². The summed E-state index contributed by atoms with van der Waals surface area (Å²) >= 11 is 3.53. The van der Waals surface area contributed by atoms with Crippen LogP contribution in [0.15, 0.2) is 27.5 Å². The fraction of sp³-hybridized carbons (Fsp3) is 0.500. The van der Waals surface area contributed by atoms with Crippen LogP contribution in [0.5, 0.6) is 0 Å². The minimum absolute atomic E-state index is 0.0133. The molecule has 2 aromatic heterocycles. The standard InChI is InChI=1S/C22H27BrN4O3/c1-13-18-19(25-24-13)16-11-15(23)5-6-17(16)27(20(18)28)12-14-7-9-26(10-8-14)21(29)30-22(2,3)4/h5-6,11,14H,7-10,12H2,1-4H3,(H,24,25). The quantitative estimate of drug-likeness (QED) is 0.588. The maximum absolute atomic E-state index is 13.3. The third kappa shape index (κ3) is 3.97. The van der Waals surface area contributed by atoms with Crippen LogP contribution in [0.2, 0.25) is 0 Å². The average molecular weight is 475 g/mol. The number of hydrogen-bond acceptors (Lipinski definition) is 4. The number of halogens is 1. The molecule has 1 aliphatic heterocycles. The molecule has 8 heteroatoms. The van der Waals surface area contributed by atoms with E-state index < -0.39 is 5.60 Å². The molecular weight excluding hydrogens is 448 g/mol. The van der Waals surface area contributed by atoms with E-state index in [-0.39, 0.29) is 11.7 Å². The van der Waals surface area contributed by atoms with E-state index in [0.29, 0.717) is 36.5 Å². The average Bonchev–Trinajstić information content (AvgIpc) is 3.06. The normalized spacial score (nSPS) is 15.8. The maximum atomic E-state index is 13.3. The minimum Gasteiger partial charge on any atom is -0.444 e. The van der Waals surface area contributed by atoms with Crippen molar-refractivity contribution >= 4 is 43.8 Å². The monoisotopic (exact) mass is 474 g/mol. The molecule has 1 saturated heterocycles.